The monoisotopic (exact) mass is 383 g/mol. The van der Waals surface area contributed by atoms with Crippen molar-refractivity contribution < 1.29 is 9.32 Å². The quantitative estimate of drug-likeness (QED) is 0.726. The third kappa shape index (κ3) is 3.51. The van der Waals surface area contributed by atoms with E-state index in [2.05, 4.69) is 40.6 Å². The number of aryl methyl sites for hydroxylation is 2. The average molecular weight is 384 g/mol. The van der Waals surface area contributed by atoms with Crippen LogP contribution in [0.4, 0.5) is 0 Å². The SMILES string of the molecule is Cc1noc(C)c1CCNC(=O)c1sc2ccccc2c1C1CCN(C)C1. The van der Waals surface area contributed by atoms with Crippen LogP contribution >= 0.6 is 11.3 Å². The van der Waals surface area contributed by atoms with Crippen molar-refractivity contribution in [2.45, 2.75) is 32.6 Å². The van der Waals surface area contributed by atoms with Gasteiger partial charge in [-0.05, 0) is 57.3 Å². The molecule has 1 atom stereocenters. The van der Waals surface area contributed by atoms with Gasteiger partial charge in [-0.15, -0.1) is 11.3 Å². The highest BCUT2D eigenvalue weighted by molar-refractivity contribution is 7.21. The van der Waals surface area contributed by atoms with Crippen LogP contribution in [0.2, 0.25) is 0 Å². The normalized spacial score (nSPS) is 17.7. The Kier molecular flexibility index (Phi) is 5.02. The zero-order valence-electron chi connectivity index (χ0n) is 16.0. The van der Waals surface area contributed by atoms with Crippen LogP contribution in [-0.2, 0) is 6.42 Å². The zero-order chi connectivity index (χ0) is 19.0. The molecular weight excluding hydrogens is 358 g/mol. The maximum absolute atomic E-state index is 13.0. The lowest BCUT2D eigenvalue weighted by molar-refractivity contribution is 0.0957. The summed E-state index contributed by atoms with van der Waals surface area (Å²) in [6.45, 7) is 6.54. The Morgan fingerprint density at radius 2 is 2.19 bits per heavy atom. The van der Waals surface area contributed by atoms with Crippen molar-refractivity contribution in [3.8, 4) is 0 Å². The molecule has 3 heterocycles. The van der Waals surface area contributed by atoms with Gasteiger partial charge in [-0.2, -0.15) is 0 Å². The Balaban J connectivity index is 1.56. The van der Waals surface area contributed by atoms with E-state index in [0.29, 0.717) is 12.5 Å². The van der Waals surface area contributed by atoms with Gasteiger partial charge in [0, 0.05) is 29.3 Å². The molecule has 1 amide bonds. The standard InChI is InChI=1S/C21H25N3O2S/c1-13-16(14(2)26-23-13)8-10-22-21(25)20-19(15-9-11-24(3)12-15)17-6-4-5-7-18(17)27-20/h4-7,15H,8-12H2,1-3H3,(H,22,25). The number of benzene rings is 1. The first kappa shape index (κ1) is 18.2. The number of nitrogens with zero attached hydrogens (tertiary/aromatic N) is 2. The molecule has 4 rings (SSSR count). The number of amides is 1. The Morgan fingerprint density at radius 1 is 1.37 bits per heavy atom. The maximum atomic E-state index is 13.0. The highest BCUT2D eigenvalue weighted by Gasteiger charge is 2.29. The second kappa shape index (κ2) is 7.44. The molecule has 1 aliphatic rings. The average Bonchev–Trinajstić information content (AvgIpc) is 3.33. The fraction of sp³-hybridized carbons (Fsp3) is 0.429. The summed E-state index contributed by atoms with van der Waals surface area (Å²) in [5, 5.41) is 8.34. The van der Waals surface area contributed by atoms with Crippen molar-refractivity contribution in [2.75, 3.05) is 26.7 Å². The summed E-state index contributed by atoms with van der Waals surface area (Å²) in [6, 6.07) is 8.38. The van der Waals surface area contributed by atoms with E-state index < -0.39 is 0 Å². The van der Waals surface area contributed by atoms with Crippen LogP contribution in [0, 0.1) is 13.8 Å². The van der Waals surface area contributed by atoms with Gasteiger partial charge in [-0.3, -0.25) is 4.79 Å². The molecule has 1 aliphatic heterocycles. The summed E-state index contributed by atoms with van der Waals surface area (Å²) in [5.41, 5.74) is 3.22. The van der Waals surface area contributed by atoms with Crippen LogP contribution in [-0.4, -0.2) is 42.6 Å². The Bertz CT molecular complexity index is 956. The number of nitrogens with one attached hydrogen (secondary N) is 1. The smallest absolute Gasteiger partial charge is 0.261 e. The first-order valence-electron chi connectivity index (χ1n) is 9.44. The molecule has 5 nitrogen and oxygen atoms in total. The van der Waals surface area contributed by atoms with Crippen LogP contribution in [0.25, 0.3) is 10.1 Å². The van der Waals surface area contributed by atoms with Crippen LogP contribution in [0.1, 0.15) is 44.6 Å². The Morgan fingerprint density at radius 3 is 2.89 bits per heavy atom. The third-order valence-corrected chi connectivity index (χ3v) is 6.67. The van der Waals surface area contributed by atoms with Gasteiger partial charge in [0.05, 0.1) is 10.6 Å². The second-order valence-corrected chi connectivity index (χ2v) is 8.45. The van der Waals surface area contributed by atoms with Crippen LogP contribution in [0.3, 0.4) is 0 Å². The first-order chi connectivity index (χ1) is 13.0. The molecule has 142 valence electrons. The van der Waals surface area contributed by atoms with Crippen molar-refractivity contribution in [1.29, 1.82) is 0 Å². The fourth-order valence-electron chi connectivity index (χ4n) is 4.05. The molecule has 6 heteroatoms. The molecule has 0 radical (unpaired) electrons. The number of aromatic nitrogens is 1. The van der Waals surface area contributed by atoms with Crippen LogP contribution < -0.4 is 5.32 Å². The second-order valence-electron chi connectivity index (χ2n) is 7.40. The molecule has 0 aliphatic carbocycles. The van der Waals surface area contributed by atoms with E-state index in [-0.39, 0.29) is 5.91 Å². The molecule has 0 spiro atoms. The summed E-state index contributed by atoms with van der Waals surface area (Å²) >= 11 is 1.61. The zero-order valence-corrected chi connectivity index (χ0v) is 16.9. The molecule has 0 saturated carbocycles. The number of rotatable bonds is 5. The van der Waals surface area contributed by atoms with Gasteiger partial charge >= 0.3 is 0 Å². The van der Waals surface area contributed by atoms with E-state index in [1.54, 1.807) is 11.3 Å². The highest BCUT2D eigenvalue weighted by Crippen LogP contribution is 2.39. The van der Waals surface area contributed by atoms with Crippen LogP contribution in [0.5, 0.6) is 0 Å². The van der Waals surface area contributed by atoms with Crippen molar-refractivity contribution >= 4 is 27.3 Å². The van der Waals surface area contributed by atoms with E-state index >= 15 is 0 Å². The van der Waals surface area contributed by atoms with Crippen molar-refractivity contribution in [1.82, 2.24) is 15.4 Å². The minimum absolute atomic E-state index is 0.0347. The van der Waals surface area contributed by atoms with E-state index in [0.717, 1.165) is 47.8 Å². The molecule has 1 saturated heterocycles. The number of likely N-dealkylation sites (tertiary alicyclic amines) is 1. The summed E-state index contributed by atoms with van der Waals surface area (Å²) in [6.07, 6.45) is 1.84. The summed E-state index contributed by atoms with van der Waals surface area (Å²) in [7, 11) is 2.15. The first-order valence-corrected chi connectivity index (χ1v) is 10.3. The topological polar surface area (TPSA) is 58.4 Å². The molecule has 1 aromatic carbocycles. The lowest BCUT2D eigenvalue weighted by Gasteiger charge is -2.13. The maximum Gasteiger partial charge on any atom is 0.261 e. The van der Waals surface area contributed by atoms with Gasteiger partial charge in [-0.25, -0.2) is 0 Å². The molecule has 2 aromatic heterocycles. The molecular formula is C21H25N3O2S. The third-order valence-electron chi connectivity index (χ3n) is 5.48. The van der Waals surface area contributed by atoms with Gasteiger partial charge in [-0.1, -0.05) is 23.4 Å². The number of carbonyl (C=O) groups is 1. The predicted molar refractivity (Wildman–Crippen MR) is 109 cm³/mol. The summed E-state index contributed by atoms with van der Waals surface area (Å²) < 4.78 is 6.40. The van der Waals surface area contributed by atoms with E-state index in [1.807, 2.05) is 19.9 Å². The van der Waals surface area contributed by atoms with E-state index in [1.165, 1.54) is 15.6 Å². The number of fused-ring (bicyclic) bond motifs is 1. The van der Waals surface area contributed by atoms with Crippen molar-refractivity contribution in [3.63, 3.8) is 0 Å². The molecule has 27 heavy (non-hydrogen) atoms. The number of thiophene rings is 1. The highest BCUT2D eigenvalue weighted by atomic mass is 32.1. The fourth-order valence-corrected chi connectivity index (χ4v) is 5.26. The summed E-state index contributed by atoms with van der Waals surface area (Å²) in [5.74, 6) is 1.29. The van der Waals surface area contributed by atoms with Crippen molar-refractivity contribution in [2.24, 2.45) is 0 Å². The predicted octanol–water partition coefficient (Wildman–Crippen LogP) is 3.90. The Hall–Kier alpha value is -2.18. The van der Waals surface area contributed by atoms with E-state index in [9.17, 15) is 4.79 Å². The van der Waals surface area contributed by atoms with Gasteiger partial charge in [0.25, 0.3) is 5.91 Å². The number of hydrogen-bond acceptors (Lipinski definition) is 5. The summed E-state index contributed by atoms with van der Waals surface area (Å²) in [4.78, 5) is 16.2. The molecule has 1 N–H and O–H groups in total. The van der Waals surface area contributed by atoms with Gasteiger partial charge in [0.2, 0.25) is 0 Å². The van der Waals surface area contributed by atoms with Gasteiger partial charge in [0.15, 0.2) is 0 Å². The van der Waals surface area contributed by atoms with Crippen LogP contribution in [0.15, 0.2) is 28.8 Å². The molecule has 1 fully saturated rings. The molecule has 0 bridgehead atoms. The Labute approximate surface area is 163 Å². The molecule has 1 unspecified atom stereocenters. The van der Waals surface area contributed by atoms with E-state index in [4.69, 9.17) is 4.52 Å². The minimum Gasteiger partial charge on any atom is -0.361 e. The van der Waals surface area contributed by atoms with Crippen molar-refractivity contribution in [3.05, 3.63) is 51.7 Å². The number of likely N-dealkylation sites (N-methyl/N-ethyl adjacent to an activating group) is 1. The lowest BCUT2D eigenvalue weighted by Crippen LogP contribution is -2.26. The van der Waals surface area contributed by atoms with Gasteiger partial charge in [0.1, 0.15) is 5.76 Å². The minimum atomic E-state index is 0.0347. The molecule has 3 aromatic rings. The number of hydrogen-bond donors (Lipinski definition) is 1. The lowest BCUT2D eigenvalue weighted by atomic mass is 9.95. The largest absolute Gasteiger partial charge is 0.361 e. The number of carbonyl (C=O) groups excluding carboxylic acids is 1. The van der Waals surface area contributed by atoms with Gasteiger partial charge < -0.3 is 14.7 Å².